The summed E-state index contributed by atoms with van der Waals surface area (Å²) in [5, 5.41) is 10.5. The molecule has 23 heavy (non-hydrogen) atoms. The first-order valence-electron chi connectivity index (χ1n) is 7.40. The number of aromatic nitrogens is 3. The number of nitrogens with zero attached hydrogens (tertiary/aromatic N) is 2. The van der Waals surface area contributed by atoms with Gasteiger partial charge in [-0.25, -0.2) is 4.98 Å². The summed E-state index contributed by atoms with van der Waals surface area (Å²) in [7, 11) is 1.66. The maximum Gasteiger partial charge on any atom is 0.181 e. The highest BCUT2D eigenvalue weighted by molar-refractivity contribution is 5.60. The molecule has 6 heteroatoms. The monoisotopic (exact) mass is 309 g/mol. The number of nitrogens with two attached hydrogens (primary N) is 1. The highest BCUT2D eigenvalue weighted by Gasteiger charge is 2.06. The average Bonchev–Trinajstić information content (AvgIpc) is 3.04. The van der Waals surface area contributed by atoms with Crippen LogP contribution < -0.4 is 15.8 Å². The van der Waals surface area contributed by atoms with Gasteiger partial charge in [0.05, 0.1) is 7.11 Å². The smallest absolute Gasteiger partial charge is 0.181 e. The van der Waals surface area contributed by atoms with Crippen LogP contribution in [-0.4, -0.2) is 28.8 Å². The Labute approximate surface area is 134 Å². The van der Waals surface area contributed by atoms with E-state index in [0.717, 1.165) is 35.8 Å². The standard InChI is InChI=1S/C17H19N5O/c1-23-15-7-5-14(6-8-15)19-10-9-16-20-17(22-21-16)12-3-2-4-13(18)11-12/h2-8,11,19H,9-10,18H2,1H3,(H,20,21,22). The Morgan fingerprint density at radius 1 is 1.17 bits per heavy atom. The fourth-order valence-electron chi connectivity index (χ4n) is 2.25. The van der Waals surface area contributed by atoms with E-state index < -0.39 is 0 Å². The second-order valence-electron chi connectivity index (χ2n) is 5.14. The number of rotatable bonds is 6. The van der Waals surface area contributed by atoms with Gasteiger partial charge in [-0.1, -0.05) is 12.1 Å². The van der Waals surface area contributed by atoms with Crippen molar-refractivity contribution in [3.05, 3.63) is 54.4 Å². The summed E-state index contributed by atoms with van der Waals surface area (Å²) in [5.41, 5.74) is 8.44. The lowest BCUT2D eigenvalue weighted by Crippen LogP contribution is -2.05. The lowest BCUT2D eigenvalue weighted by Gasteiger charge is -2.06. The summed E-state index contributed by atoms with van der Waals surface area (Å²) in [4.78, 5) is 4.50. The van der Waals surface area contributed by atoms with Crippen molar-refractivity contribution in [3.63, 3.8) is 0 Å². The lowest BCUT2D eigenvalue weighted by atomic mass is 10.2. The molecule has 0 bridgehead atoms. The normalized spacial score (nSPS) is 10.5. The number of anilines is 2. The minimum Gasteiger partial charge on any atom is -0.497 e. The minimum absolute atomic E-state index is 0.664. The van der Waals surface area contributed by atoms with Gasteiger partial charge in [0.1, 0.15) is 11.6 Å². The van der Waals surface area contributed by atoms with Crippen LogP contribution in [0.3, 0.4) is 0 Å². The fourth-order valence-corrected chi connectivity index (χ4v) is 2.25. The molecule has 0 unspecified atom stereocenters. The highest BCUT2D eigenvalue weighted by atomic mass is 16.5. The Hall–Kier alpha value is -3.02. The van der Waals surface area contributed by atoms with E-state index in [9.17, 15) is 0 Å². The molecule has 3 aromatic rings. The SMILES string of the molecule is COc1ccc(NCCc2nc(-c3cccc(N)c3)n[nH]2)cc1. The van der Waals surface area contributed by atoms with Crippen LogP contribution in [0.25, 0.3) is 11.4 Å². The predicted octanol–water partition coefficient (Wildman–Crippen LogP) is 2.72. The molecular formula is C17H19N5O. The van der Waals surface area contributed by atoms with E-state index in [0.29, 0.717) is 11.5 Å². The molecule has 4 N–H and O–H groups in total. The zero-order chi connectivity index (χ0) is 16.1. The summed E-state index contributed by atoms with van der Waals surface area (Å²) < 4.78 is 5.14. The first-order valence-corrected chi connectivity index (χ1v) is 7.40. The number of benzene rings is 2. The van der Waals surface area contributed by atoms with E-state index in [1.54, 1.807) is 7.11 Å². The molecule has 0 saturated carbocycles. The molecule has 0 atom stereocenters. The van der Waals surface area contributed by atoms with Crippen LogP contribution in [0, 0.1) is 0 Å². The van der Waals surface area contributed by atoms with Crippen molar-refractivity contribution in [2.24, 2.45) is 0 Å². The van der Waals surface area contributed by atoms with Crippen LogP contribution in [0.5, 0.6) is 5.75 Å². The van der Waals surface area contributed by atoms with Crippen LogP contribution in [-0.2, 0) is 6.42 Å². The Morgan fingerprint density at radius 3 is 2.74 bits per heavy atom. The largest absolute Gasteiger partial charge is 0.497 e. The van der Waals surface area contributed by atoms with Gasteiger partial charge in [-0.2, -0.15) is 5.10 Å². The fraction of sp³-hybridized carbons (Fsp3) is 0.176. The molecule has 0 spiro atoms. The quantitative estimate of drug-likeness (QED) is 0.609. The molecule has 0 aliphatic rings. The summed E-state index contributed by atoms with van der Waals surface area (Å²) >= 11 is 0. The maximum atomic E-state index is 5.78. The predicted molar refractivity (Wildman–Crippen MR) is 91.4 cm³/mol. The van der Waals surface area contributed by atoms with Crippen molar-refractivity contribution >= 4 is 11.4 Å². The van der Waals surface area contributed by atoms with Gasteiger partial charge in [0.25, 0.3) is 0 Å². The zero-order valence-electron chi connectivity index (χ0n) is 12.9. The third-order valence-electron chi connectivity index (χ3n) is 3.46. The molecular weight excluding hydrogens is 290 g/mol. The van der Waals surface area contributed by atoms with Crippen LogP contribution in [0.15, 0.2) is 48.5 Å². The van der Waals surface area contributed by atoms with Crippen LogP contribution in [0.2, 0.25) is 0 Å². The van der Waals surface area contributed by atoms with Gasteiger partial charge in [-0.15, -0.1) is 0 Å². The number of methoxy groups -OCH3 is 1. The molecule has 0 saturated heterocycles. The summed E-state index contributed by atoms with van der Waals surface area (Å²) in [6, 6.07) is 15.4. The van der Waals surface area contributed by atoms with E-state index in [4.69, 9.17) is 10.5 Å². The van der Waals surface area contributed by atoms with E-state index in [1.807, 2.05) is 48.5 Å². The molecule has 3 rings (SSSR count). The molecule has 6 nitrogen and oxygen atoms in total. The minimum atomic E-state index is 0.664. The third kappa shape index (κ3) is 3.79. The average molecular weight is 309 g/mol. The summed E-state index contributed by atoms with van der Waals surface area (Å²) in [6.07, 6.45) is 0.751. The van der Waals surface area contributed by atoms with E-state index in [-0.39, 0.29) is 0 Å². The molecule has 1 heterocycles. The summed E-state index contributed by atoms with van der Waals surface area (Å²) in [5.74, 6) is 2.35. The Balaban J connectivity index is 1.56. The van der Waals surface area contributed by atoms with E-state index in [1.165, 1.54) is 0 Å². The van der Waals surface area contributed by atoms with Gasteiger partial charge in [0, 0.05) is 29.9 Å². The first kappa shape index (κ1) is 14.9. The van der Waals surface area contributed by atoms with Gasteiger partial charge in [0.15, 0.2) is 5.82 Å². The molecule has 0 fully saturated rings. The van der Waals surface area contributed by atoms with Gasteiger partial charge >= 0.3 is 0 Å². The molecule has 0 aliphatic heterocycles. The van der Waals surface area contributed by atoms with Crippen molar-refractivity contribution in [2.75, 3.05) is 24.7 Å². The Kier molecular flexibility index (Phi) is 4.42. The zero-order valence-corrected chi connectivity index (χ0v) is 12.9. The number of hydrogen-bond donors (Lipinski definition) is 3. The van der Waals surface area contributed by atoms with Crippen molar-refractivity contribution in [3.8, 4) is 17.1 Å². The van der Waals surface area contributed by atoms with Crippen LogP contribution >= 0.6 is 0 Å². The molecule has 2 aromatic carbocycles. The van der Waals surface area contributed by atoms with Crippen LogP contribution in [0.4, 0.5) is 11.4 Å². The van der Waals surface area contributed by atoms with Gasteiger partial charge in [0.2, 0.25) is 0 Å². The van der Waals surface area contributed by atoms with Gasteiger partial charge in [-0.05, 0) is 36.4 Å². The number of ether oxygens (including phenoxy) is 1. The third-order valence-corrected chi connectivity index (χ3v) is 3.46. The number of aromatic amines is 1. The number of H-pyrrole nitrogens is 1. The molecule has 0 radical (unpaired) electrons. The second kappa shape index (κ2) is 6.83. The van der Waals surface area contributed by atoms with Crippen LogP contribution in [0.1, 0.15) is 5.82 Å². The van der Waals surface area contributed by atoms with Crippen molar-refractivity contribution in [1.82, 2.24) is 15.2 Å². The number of nitrogen functional groups attached to an aromatic ring is 1. The van der Waals surface area contributed by atoms with Crippen molar-refractivity contribution < 1.29 is 4.74 Å². The topological polar surface area (TPSA) is 88.8 Å². The first-order chi connectivity index (χ1) is 11.2. The number of nitrogens with one attached hydrogen (secondary N) is 2. The highest BCUT2D eigenvalue weighted by Crippen LogP contribution is 2.18. The van der Waals surface area contributed by atoms with Crippen molar-refractivity contribution in [2.45, 2.75) is 6.42 Å². The van der Waals surface area contributed by atoms with Crippen molar-refractivity contribution in [1.29, 1.82) is 0 Å². The lowest BCUT2D eigenvalue weighted by molar-refractivity contribution is 0.415. The molecule has 0 amide bonds. The molecule has 118 valence electrons. The van der Waals surface area contributed by atoms with E-state index >= 15 is 0 Å². The summed E-state index contributed by atoms with van der Waals surface area (Å²) in [6.45, 7) is 0.762. The maximum absolute atomic E-state index is 5.78. The van der Waals surface area contributed by atoms with Gasteiger partial charge in [-0.3, -0.25) is 5.10 Å². The molecule has 0 aliphatic carbocycles. The Morgan fingerprint density at radius 2 is 2.00 bits per heavy atom. The second-order valence-corrected chi connectivity index (χ2v) is 5.14. The number of hydrogen-bond acceptors (Lipinski definition) is 5. The Bertz CT molecular complexity index is 767. The molecule has 1 aromatic heterocycles. The van der Waals surface area contributed by atoms with Gasteiger partial charge < -0.3 is 15.8 Å². The van der Waals surface area contributed by atoms with E-state index in [2.05, 4.69) is 20.5 Å².